The Morgan fingerprint density at radius 3 is 2.94 bits per heavy atom. The fourth-order valence-corrected chi connectivity index (χ4v) is 2.59. The molecule has 2 heteroatoms. The average Bonchev–Trinajstić information content (AvgIpc) is 2.37. The van der Waals surface area contributed by atoms with Crippen LogP contribution in [-0.2, 0) is 6.42 Å². The van der Waals surface area contributed by atoms with Crippen molar-refractivity contribution in [3.05, 3.63) is 29.3 Å². The zero-order valence-electron chi connectivity index (χ0n) is 11.8. The molecule has 0 saturated heterocycles. The number of hydrogen-bond acceptors (Lipinski definition) is 2. The minimum Gasteiger partial charge on any atom is -0.494 e. The van der Waals surface area contributed by atoms with Gasteiger partial charge in [-0.2, -0.15) is 0 Å². The maximum Gasteiger partial charge on any atom is 0.119 e. The zero-order valence-corrected chi connectivity index (χ0v) is 11.8. The van der Waals surface area contributed by atoms with Crippen LogP contribution >= 0.6 is 0 Å². The number of hydrogen-bond donors (Lipinski definition) is 1. The molecule has 0 heterocycles. The first-order valence-corrected chi connectivity index (χ1v) is 7.13. The predicted octanol–water partition coefficient (Wildman–Crippen LogP) is 3.71. The molecule has 0 amide bonds. The van der Waals surface area contributed by atoms with Crippen LogP contribution in [0.5, 0.6) is 5.75 Å². The summed E-state index contributed by atoms with van der Waals surface area (Å²) in [7, 11) is 2.05. The summed E-state index contributed by atoms with van der Waals surface area (Å²) in [6.45, 7) is 5.29. The minimum absolute atomic E-state index is 0.526. The highest BCUT2D eigenvalue weighted by Gasteiger charge is 2.18. The van der Waals surface area contributed by atoms with Gasteiger partial charge in [-0.15, -0.1) is 0 Å². The van der Waals surface area contributed by atoms with Crippen LogP contribution in [0.25, 0.3) is 0 Å². The Kier molecular flexibility index (Phi) is 4.65. The van der Waals surface area contributed by atoms with Crippen LogP contribution in [0.1, 0.15) is 50.3 Å². The average molecular weight is 247 g/mol. The van der Waals surface area contributed by atoms with Gasteiger partial charge in [0, 0.05) is 6.04 Å². The van der Waals surface area contributed by atoms with E-state index in [0.717, 1.165) is 18.8 Å². The fourth-order valence-electron chi connectivity index (χ4n) is 2.59. The molecule has 2 rings (SSSR count). The van der Waals surface area contributed by atoms with Gasteiger partial charge in [0.15, 0.2) is 0 Å². The smallest absolute Gasteiger partial charge is 0.119 e. The highest BCUT2D eigenvalue weighted by Crippen LogP contribution is 2.31. The van der Waals surface area contributed by atoms with Crippen LogP contribution in [-0.4, -0.2) is 13.7 Å². The van der Waals surface area contributed by atoms with Crippen molar-refractivity contribution in [2.24, 2.45) is 5.92 Å². The maximum absolute atomic E-state index is 5.83. The third-order valence-corrected chi connectivity index (χ3v) is 3.74. The Hall–Kier alpha value is -1.02. The zero-order chi connectivity index (χ0) is 13.0. The number of aryl methyl sites for hydroxylation is 1. The highest BCUT2D eigenvalue weighted by atomic mass is 16.5. The molecule has 1 atom stereocenters. The molecule has 0 fully saturated rings. The van der Waals surface area contributed by atoms with Crippen molar-refractivity contribution in [1.29, 1.82) is 0 Å². The minimum atomic E-state index is 0.526. The third kappa shape index (κ3) is 3.26. The first-order chi connectivity index (χ1) is 8.70. The van der Waals surface area contributed by atoms with E-state index in [4.69, 9.17) is 4.74 Å². The Morgan fingerprint density at radius 1 is 1.39 bits per heavy atom. The number of rotatable bonds is 5. The summed E-state index contributed by atoms with van der Waals surface area (Å²) in [6, 6.07) is 7.12. The Labute approximate surface area is 111 Å². The Balaban J connectivity index is 2.02. The lowest BCUT2D eigenvalue weighted by atomic mass is 9.87. The van der Waals surface area contributed by atoms with Crippen molar-refractivity contribution >= 4 is 0 Å². The van der Waals surface area contributed by atoms with Gasteiger partial charge in [-0.05, 0) is 61.9 Å². The van der Waals surface area contributed by atoms with Crippen LogP contribution < -0.4 is 10.1 Å². The summed E-state index contributed by atoms with van der Waals surface area (Å²) in [5, 5.41) is 3.40. The van der Waals surface area contributed by atoms with Crippen molar-refractivity contribution < 1.29 is 4.74 Å². The molecular weight excluding hydrogens is 222 g/mol. The van der Waals surface area contributed by atoms with Crippen LogP contribution in [0.15, 0.2) is 18.2 Å². The third-order valence-electron chi connectivity index (χ3n) is 3.74. The molecule has 2 nitrogen and oxygen atoms in total. The molecule has 0 spiro atoms. The van der Waals surface area contributed by atoms with Crippen molar-refractivity contribution in [3.8, 4) is 5.75 Å². The number of fused-ring (bicyclic) bond motifs is 1. The molecule has 100 valence electrons. The van der Waals surface area contributed by atoms with Gasteiger partial charge in [0.1, 0.15) is 5.75 Å². The predicted molar refractivity (Wildman–Crippen MR) is 76.1 cm³/mol. The first-order valence-electron chi connectivity index (χ1n) is 7.13. The molecule has 0 aromatic heterocycles. The number of ether oxygens (including phenoxy) is 1. The van der Waals surface area contributed by atoms with Crippen molar-refractivity contribution in [1.82, 2.24) is 5.32 Å². The lowest BCUT2D eigenvalue weighted by Gasteiger charge is -2.25. The van der Waals surface area contributed by atoms with Gasteiger partial charge in [0.2, 0.25) is 0 Å². The molecule has 1 aromatic rings. The molecule has 0 saturated carbocycles. The summed E-state index contributed by atoms with van der Waals surface area (Å²) < 4.78 is 5.83. The number of benzene rings is 1. The Morgan fingerprint density at radius 2 is 2.22 bits per heavy atom. The van der Waals surface area contributed by atoms with Crippen LogP contribution in [0.2, 0.25) is 0 Å². The molecule has 1 aliphatic carbocycles. The molecular formula is C16H25NO. The van der Waals surface area contributed by atoms with Crippen molar-refractivity contribution in [2.45, 2.75) is 45.6 Å². The topological polar surface area (TPSA) is 21.3 Å². The summed E-state index contributed by atoms with van der Waals surface area (Å²) in [5.74, 6) is 1.74. The molecule has 1 aliphatic rings. The molecule has 0 aliphatic heterocycles. The lowest BCUT2D eigenvalue weighted by Crippen LogP contribution is -2.21. The van der Waals surface area contributed by atoms with Gasteiger partial charge >= 0.3 is 0 Å². The summed E-state index contributed by atoms with van der Waals surface area (Å²) in [5.41, 5.74) is 2.92. The van der Waals surface area contributed by atoms with Crippen LogP contribution in [0.3, 0.4) is 0 Å². The summed E-state index contributed by atoms with van der Waals surface area (Å²) >= 11 is 0. The van der Waals surface area contributed by atoms with Gasteiger partial charge in [-0.1, -0.05) is 19.9 Å². The molecule has 1 unspecified atom stereocenters. The molecule has 0 bridgehead atoms. The van der Waals surface area contributed by atoms with Crippen LogP contribution in [0, 0.1) is 5.92 Å². The first kappa shape index (κ1) is 13.4. The maximum atomic E-state index is 5.83. The van der Waals surface area contributed by atoms with Gasteiger partial charge < -0.3 is 10.1 Å². The highest BCUT2D eigenvalue weighted by molar-refractivity contribution is 5.39. The van der Waals surface area contributed by atoms with Gasteiger partial charge in [-0.25, -0.2) is 0 Å². The van der Waals surface area contributed by atoms with E-state index in [9.17, 15) is 0 Å². The van der Waals surface area contributed by atoms with Gasteiger partial charge in [0.25, 0.3) is 0 Å². The standard InChI is InChI=1S/C16H25NO/c1-12(2)9-10-18-14-7-8-15-13(11-14)5-4-6-16(15)17-3/h7-8,11-12,16-17H,4-6,9-10H2,1-3H3. The van der Waals surface area contributed by atoms with E-state index in [1.54, 1.807) is 0 Å². The van der Waals surface area contributed by atoms with E-state index in [0.29, 0.717) is 12.0 Å². The van der Waals surface area contributed by atoms with Gasteiger partial charge in [-0.3, -0.25) is 0 Å². The van der Waals surface area contributed by atoms with Gasteiger partial charge in [0.05, 0.1) is 6.61 Å². The molecule has 1 N–H and O–H groups in total. The second-order valence-corrected chi connectivity index (χ2v) is 5.63. The van der Waals surface area contributed by atoms with E-state index in [-0.39, 0.29) is 0 Å². The fraction of sp³-hybridized carbons (Fsp3) is 0.625. The molecule has 1 aromatic carbocycles. The lowest BCUT2D eigenvalue weighted by molar-refractivity contribution is 0.289. The Bertz CT molecular complexity index is 387. The monoisotopic (exact) mass is 247 g/mol. The molecule has 18 heavy (non-hydrogen) atoms. The quantitative estimate of drug-likeness (QED) is 0.856. The van der Waals surface area contributed by atoms with Crippen molar-refractivity contribution in [3.63, 3.8) is 0 Å². The van der Waals surface area contributed by atoms with Crippen LogP contribution in [0.4, 0.5) is 0 Å². The summed E-state index contributed by atoms with van der Waals surface area (Å²) in [6.07, 6.45) is 4.83. The van der Waals surface area contributed by atoms with E-state index >= 15 is 0 Å². The normalized spacial score (nSPS) is 18.8. The molecule has 0 radical (unpaired) electrons. The van der Waals surface area contributed by atoms with E-state index in [1.165, 1.54) is 30.4 Å². The van der Waals surface area contributed by atoms with Crippen molar-refractivity contribution in [2.75, 3.05) is 13.7 Å². The number of nitrogens with one attached hydrogen (secondary N) is 1. The summed E-state index contributed by atoms with van der Waals surface area (Å²) in [4.78, 5) is 0. The SMILES string of the molecule is CNC1CCCc2cc(OCCC(C)C)ccc21. The largest absolute Gasteiger partial charge is 0.494 e. The van der Waals surface area contributed by atoms with E-state index in [1.807, 2.05) is 7.05 Å². The second kappa shape index (κ2) is 6.24. The second-order valence-electron chi connectivity index (χ2n) is 5.63. The van der Waals surface area contributed by atoms with E-state index < -0.39 is 0 Å². The van der Waals surface area contributed by atoms with E-state index in [2.05, 4.69) is 37.4 Å².